The minimum Gasteiger partial charge on any atom is -0.347 e. The van der Waals surface area contributed by atoms with Crippen molar-refractivity contribution in [2.24, 2.45) is 0 Å². The third-order valence-electron chi connectivity index (χ3n) is 3.36. The first-order valence-electron chi connectivity index (χ1n) is 7.46. The minimum atomic E-state index is 0.213. The molecule has 0 unspecified atom stereocenters. The van der Waals surface area contributed by atoms with Crippen molar-refractivity contribution in [1.29, 1.82) is 0 Å². The summed E-state index contributed by atoms with van der Waals surface area (Å²) in [4.78, 5) is 20.8. The predicted octanol–water partition coefficient (Wildman–Crippen LogP) is 3.51. The van der Waals surface area contributed by atoms with E-state index in [9.17, 15) is 4.79 Å². The predicted molar refractivity (Wildman–Crippen MR) is 77.7 cm³/mol. The first-order chi connectivity index (χ1) is 9.24. The summed E-state index contributed by atoms with van der Waals surface area (Å²) in [6.07, 6.45) is 12.9. The minimum absolute atomic E-state index is 0.213. The molecule has 0 aliphatic carbocycles. The number of nitrogens with one attached hydrogen (secondary N) is 1. The summed E-state index contributed by atoms with van der Waals surface area (Å²) in [5, 5.41) is 0. The van der Waals surface area contributed by atoms with Gasteiger partial charge in [-0.05, 0) is 6.42 Å². The Morgan fingerprint density at radius 1 is 1.21 bits per heavy atom. The molecule has 0 aliphatic rings. The molecule has 0 spiro atoms. The molecule has 0 saturated heterocycles. The number of rotatable bonds is 10. The van der Waals surface area contributed by atoms with Crippen LogP contribution in [0.1, 0.15) is 64.1 Å². The second kappa shape index (κ2) is 9.59. The summed E-state index contributed by atoms with van der Waals surface area (Å²) in [6, 6.07) is 0. The number of aromatic amines is 1. The molecule has 0 atom stereocenters. The van der Waals surface area contributed by atoms with Crippen LogP contribution in [0, 0.1) is 0 Å². The van der Waals surface area contributed by atoms with Crippen molar-refractivity contribution in [1.82, 2.24) is 14.9 Å². The number of H-pyrrole nitrogens is 1. The van der Waals surface area contributed by atoms with Gasteiger partial charge in [-0.3, -0.25) is 4.79 Å². The number of carbonyl (C=O) groups is 1. The molecule has 4 nitrogen and oxygen atoms in total. The smallest absolute Gasteiger partial charge is 0.222 e. The van der Waals surface area contributed by atoms with Gasteiger partial charge in [0.1, 0.15) is 5.82 Å². The van der Waals surface area contributed by atoms with Gasteiger partial charge in [-0.1, -0.05) is 45.4 Å². The Morgan fingerprint density at radius 3 is 2.53 bits per heavy atom. The number of hydrogen-bond acceptors (Lipinski definition) is 2. The van der Waals surface area contributed by atoms with E-state index in [-0.39, 0.29) is 5.91 Å². The Hall–Kier alpha value is -1.32. The first-order valence-corrected chi connectivity index (χ1v) is 7.46. The molecule has 1 rings (SSSR count). The van der Waals surface area contributed by atoms with Crippen LogP contribution in [0.25, 0.3) is 0 Å². The highest BCUT2D eigenvalue weighted by Gasteiger charge is 2.09. The Labute approximate surface area is 116 Å². The topological polar surface area (TPSA) is 49.0 Å². The van der Waals surface area contributed by atoms with Gasteiger partial charge in [0, 0.05) is 25.9 Å². The van der Waals surface area contributed by atoms with E-state index in [0.717, 1.165) is 12.2 Å². The number of aromatic nitrogens is 2. The van der Waals surface area contributed by atoms with Gasteiger partial charge in [0.05, 0.1) is 6.54 Å². The van der Waals surface area contributed by atoms with E-state index in [4.69, 9.17) is 0 Å². The Balaban J connectivity index is 2.03. The lowest BCUT2D eigenvalue weighted by Gasteiger charge is -2.15. The van der Waals surface area contributed by atoms with Crippen LogP contribution >= 0.6 is 0 Å². The van der Waals surface area contributed by atoms with E-state index in [0.29, 0.717) is 13.0 Å². The summed E-state index contributed by atoms with van der Waals surface area (Å²) < 4.78 is 0. The van der Waals surface area contributed by atoms with Crippen LogP contribution < -0.4 is 0 Å². The second-order valence-corrected chi connectivity index (χ2v) is 5.16. The normalized spacial score (nSPS) is 10.6. The van der Waals surface area contributed by atoms with Crippen molar-refractivity contribution >= 4 is 5.91 Å². The molecule has 108 valence electrons. The van der Waals surface area contributed by atoms with Crippen molar-refractivity contribution in [3.8, 4) is 0 Å². The summed E-state index contributed by atoms with van der Waals surface area (Å²) in [5.41, 5.74) is 0. The Morgan fingerprint density at radius 2 is 1.89 bits per heavy atom. The van der Waals surface area contributed by atoms with Gasteiger partial charge in [-0.2, -0.15) is 0 Å². The van der Waals surface area contributed by atoms with Gasteiger partial charge >= 0.3 is 0 Å². The lowest BCUT2D eigenvalue weighted by atomic mass is 10.1. The summed E-state index contributed by atoms with van der Waals surface area (Å²) >= 11 is 0. The quantitative estimate of drug-likeness (QED) is 0.658. The lowest BCUT2D eigenvalue weighted by Crippen LogP contribution is -2.26. The zero-order valence-electron chi connectivity index (χ0n) is 12.3. The number of unbranched alkanes of at least 4 members (excludes halogenated alkanes) is 6. The molecule has 0 bridgehead atoms. The molecule has 0 radical (unpaired) electrons. The average molecular weight is 265 g/mol. The van der Waals surface area contributed by atoms with E-state index < -0.39 is 0 Å². The summed E-state index contributed by atoms with van der Waals surface area (Å²) in [7, 11) is 1.84. The standard InChI is InChI=1S/C15H27N3O/c1-3-4-5-6-7-8-9-10-15(19)18(2)13-14-16-11-12-17-14/h11-12H,3-10,13H2,1-2H3,(H,16,17). The molecular weight excluding hydrogens is 238 g/mol. The molecule has 0 aliphatic heterocycles. The van der Waals surface area contributed by atoms with E-state index >= 15 is 0 Å². The second-order valence-electron chi connectivity index (χ2n) is 5.16. The lowest BCUT2D eigenvalue weighted by molar-refractivity contribution is -0.130. The molecule has 1 aromatic heterocycles. The van der Waals surface area contributed by atoms with E-state index in [1.807, 2.05) is 7.05 Å². The highest BCUT2D eigenvalue weighted by molar-refractivity contribution is 5.75. The fourth-order valence-corrected chi connectivity index (χ4v) is 2.12. The maximum absolute atomic E-state index is 11.9. The van der Waals surface area contributed by atoms with Crippen LogP contribution in [0.2, 0.25) is 0 Å². The SMILES string of the molecule is CCCCCCCCCC(=O)N(C)Cc1ncc[nH]1. The fraction of sp³-hybridized carbons (Fsp3) is 0.733. The molecule has 1 aromatic rings. The summed E-state index contributed by atoms with van der Waals surface area (Å²) in [5.74, 6) is 1.06. The molecule has 19 heavy (non-hydrogen) atoms. The van der Waals surface area contributed by atoms with Crippen molar-refractivity contribution in [3.63, 3.8) is 0 Å². The van der Waals surface area contributed by atoms with Gasteiger partial charge in [0.2, 0.25) is 5.91 Å². The van der Waals surface area contributed by atoms with Crippen LogP contribution in [0.5, 0.6) is 0 Å². The molecular formula is C15H27N3O. The molecule has 0 fully saturated rings. The number of carbonyl (C=O) groups excluding carboxylic acids is 1. The van der Waals surface area contributed by atoms with Crippen molar-refractivity contribution in [2.75, 3.05) is 7.05 Å². The third-order valence-corrected chi connectivity index (χ3v) is 3.36. The zero-order valence-corrected chi connectivity index (χ0v) is 12.3. The van der Waals surface area contributed by atoms with Gasteiger partial charge in [0.25, 0.3) is 0 Å². The first kappa shape index (κ1) is 15.7. The van der Waals surface area contributed by atoms with Crippen LogP contribution in [0.3, 0.4) is 0 Å². The van der Waals surface area contributed by atoms with Gasteiger partial charge in [0.15, 0.2) is 0 Å². The van der Waals surface area contributed by atoms with Crippen LogP contribution in [-0.4, -0.2) is 27.8 Å². The monoisotopic (exact) mass is 265 g/mol. The molecule has 1 N–H and O–H groups in total. The average Bonchev–Trinajstić information content (AvgIpc) is 2.90. The van der Waals surface area contributed by atoms with Crippen LogP contribution in [-0.2, 0) is 11.3 Å². The molecule has 1 amide bonds. The third kappa shape index (κ3) is 6.99. The molecule has 0 saturated carbocycles. The van der Waals surface area contributed by atoms with E-state index in [1.165, 1.54) is 38.5 Å². The Kier molecular flexibility index (Phi) is 7.94. The Bertz CT molecular complexity index is 335. The van der Waals surface area contributed by atoms with Gasteiger partial charge < -0.3 is 9.88 Å². The van der Waals surface area contributed by atoms with E-state index in [2.05, 4.69) is 16.9 Å². The molecule has 4 heteroatoms. The fourth-order valence-electron chi connectivity index (χ4n) is 2.12. The van der Waals surface area contributed by atoms with Crippen molar-refractivity contribution in [2.45, 2.75) is 64.8 Å². The number of amides is 1. The maximum Gasteiger partial charge on any atom is 0.222 e. The number of nitrogens with zero attached hydrogens (tertiary/aromatic N) is 2. The number of imidazole rings is 1. The zero-order chi connectivity index (χ0) is 13.9. The molecule has 0 aromatic carbocycles. The van der Waals surface area contributed by atoms with Crippen molar-refractivity contribution < 1.29 is 4.79 Å². The van der Waals surface area contributed by atoms with E-state index in [1.54, 1.807) is 17.3 Å². The van der Waals surface area contributed by atoms with Crippen LogP contribution in [0.4, 0.5) is 0 Å². The maximum atomic E-state index is 11.9. The van der Waals surface area contributed by atoms with Crippen LogP contribution in [0.15, 0.2) is 12.4 Å². The highest BCUT2D eigenvalue weighted by Crippen LogP contribution is 2.09. The number of hydrogen-bond donors (Lipinski definition) is 1. The highest BCUT2D eigenvalue weighted by atomic mass is 16.2. The summed E-state index contributed by atoms with van der Waals surface area (Å²) in [6.45, 7) is 2.80. The largest absolute Gasteiger partial charge is 0.347 e. The van der Waals surface area contributed by atoms with Crippen molar-refractivity contribution in [3.05, 3.63) is 18.2 Å². The van der Waals surface area contributed by atoms with Gasteiger partial charge in [-0.15, -0.1) is 0 Å². The molecule has 1 heterocycles. The van der Waals surface area contributed by atoms with Gasteiger partial charge in [-0.25, -0.2) is 4.98 Å².